The normalized spacial score (nSPS) is 33.1. The zero-order chi connectivity index (χ0) is 8.55. The van der Waals surface area contributed by atoms with Crippen LogP contribution in [0, 0.1) is 5.92 Å². The molecule has 0 aromatic carbocycles. The predicted octanol–water partition coefficient (Wildman–Crippen LogP) is 0.955. The number of rotatable bonds is 0. The van der Waals surface area contributed by atoms with E-state index in [0.29, 0.717) is 0 Å². The Bertz CT molecular complexity index is 299. The third-order valence-electron chi connectivity index (χ3n) is 2.37. The van der Waals surface area contributed by atoms with E-state index in [9.17, 15) is 4.79 Å². The van der Waals surface area contributed by atoms with Gasteiger partial charge in [0.05, 0.1) is 5.92 Å². The first-order valence-electron chi connectivity index (χ1n) is 4.12. The predicted molar refractivity (Wildman–Crippen MR) is 47.5 cm³/mol. The Morgan fingerprint density at radius 2 is 2.33 bits per heavy atom. The average molecular weight is 161 g/mol. The molecule has 0 amide bonds. The van der Waals surface area contributed by atoms with Gasteiger partial charge in [0.15, 0.2) is 5.78 Å². The monoisotopic (exact) mass is 161 g/mol. The molecule has 2 aliphatic rings. The van der Waals surface area contributed by atoms with E-state index in [2.05, 4.69) is 0 Å². The first-order chi connectivity index (χ1) is 5.79. The van der Waals surface area contributed by atoms with Gasteiger partial charge in [0.2, 0.25) is 0 Å². The second-order valence-corrected chi connectivity index (χ2v) is 3.19. The van der Waals surface area contributed by atoms with Crippen LogP contribution in [0.2, 0.25) is 0 Å². The fourth-order valence-electron chi connectivity index (χ4n) is 1.75. The Balaban J connectivity index is 2.38. The molecule has 0 spiro atoms. The van der Waals surface area contributed by atoms with Gasteiger partial charge < -0.3 is 5.73 Å². The molecule has 0 heterocycles. The van der Waals surface area contributed by atoms with Crippen molar-refractivity contribution in [1.29, 1.82) is 0 Å². The van der Waals surface area contributed by atoms with Crippen molar-refractivity contribution in [2.75, 3.05) is 0 Å². The second kappa shape index (κ2) is 2.72. The van der Waals surface area contributed by atoms with Crippen LogP contribution in [0.4, 0.5) is 0 Å². The fraction of sp³-hybridized carbons (Fsp3) is 0.300. The van der Waals surface area contributed by atoms with Gasteiger partial charge in [0.1, 0.15) is 0 Å². The van der Waals surface area contributed by atoms with Gasteiger partial charge in [-0.15, -0.1) is 0 Å². The molecule has 2 nitrogen and oxygen atoms in total. The summed E-state index contributed by atoms with van der Waals surface area (Å²) >= 11 is 0. The number of fused-ring (bicyclic) bond motifs is 1. The summed E-state index contributed by atoms with van der Waals surface area (Å²) < 4.78 is 0. The number of carbonyl (C=O) groups excluding carboxylic acids is 1. The molecule has 2 atom stereocenters. The molecule has 62 valence electrons. The summed E-state index contributed by atoms with van der Waals surface area (Å²) in [4.78, 5) is 11.4. The van der Waals surface area contributed by atoms with Gasteiger partial charge in [-0.1, -0.05) is 29.9 Å². The Hall–Kier alpha value is -1.15. The van der Waals surface area contributed by atoms with Crippen LogP contribution in [0.1, 0.15) is 6.42 Å². The van der Waals surface area contributed by atoms with E-state index in [0.717, 1.165) is 12.0 Å². The second-order valence-electron chi connectivity index (χ2n) is 3.19. The minimum Gasteiger partial charge on any atom is -0.324 e. The molecule has 2 aliphatic carbocycles. The Labute approximate surface area is 71.4 Å². The van der Waals surface area contributed by atoms with Gasteiger partial charge in [0, 0.05) is 6.04 Å². The van der Waals surface area contributed by atoms with Crippen molar-refractivity contribution < 1.29 is 4.79 Å². The maximum atomic E-state index is 11.4. The van der Waals surface area contributed by atoms with E-state index in [1.807, 2.05) is 24.3 Å². The van der Waals surface area contributed by atoms with Crippen molar-refractivity contribution in [3.8, 4) is 0 Å². The molecular formula is C10H11NO. The highest BCUT2D eigenvalue weighted by Crippen LogP contribution is 2.27. The van der Waals surface area contributed by atoms with Crippen LogP contribution in [0.5, 0.6) is 0 Å². The van der Waals surface area contributed by atoms with Gasteiger partial charge in [-0.05, 0) is 12.5 Å². The minimum atomic E-state index is -0.123. The van der Waals surface area contributed by atoms with Crippen LogP contribution in [0.15, 0.2) is 36.0 Å². The fourth-order valence-corrected chi connectivity index (χ4v) is 1.75. The Morgan fingerprint density at radius 3 is 3.08 bits per heavy atom. The largest absolute Gasteiger partial charge is 0.324 e. The van der Waals surface area contributed by atoms with Crippen molar-refractivity contribution in [2.24, 2.45) is 11.7 Å². The van der Waals surface area contributed by atoms with Crippen molar-refractivity contribution in [2.45, 2.75) is 12.5 Å². The number of hydrogen-bond donors (Lipinski definition) is 1. The van der Waals surface area contributed by atoms with E-state index in [1.54, 1.807) is 6.08 Å². The molecule has 2 rings (SSSR count). The summed E-state index contributed by atoms with van der Waals surface area (Å²) in [5.74, 6) is 0.0596. The molecule has 0 fully saturated rings. The minimum absolute atomic E-state index is 0.0833. The van der Waals surface area contributed by atoms with Gasteiger partial charge in [-0.3, -0.25) is 4.79 Å². The van der Waals surface area contributed by atoms with Crippen LogP contribution < -0.4 is 5.73 Å². The number of hydrogen-bond acceptors (Lipinski definition) is 2. The van der Waals surface area contributed by atoms with E-state index in [4.69, 9.17) is 5.73 Å². The van der Waals surface area contributed by atoms with Gasteiger partial charge >= 0.3 is 0 Å². The molecule has 2 N–H and O–H groups in total. The van der Waals surface area contributed by atoms with Crippen molar-refractivity contribution in [3.05, 3.63) is 36.0 Å². The standard InChI is InChI=1S/C10H11NO/c11-8-5-1-3-7-4-2-6-9(12)10(7)8/h1-3,5-6,8,10H,4,11H2. The topological polar surface area (TPSA) is 43.1 Å². The third kappa shape index (κ3) is 1.04. The Morgan fingerprint density at radius 1 is 1.50 bits per heavy atom. The maximum Gasteiger partial charge on any atom is 0.164 e. The summed E-state index contributed by atoms with van der Waals surface area (Å²) in [6.07, 6.45) is 10.2. The van der Waals surface area contributed by atoms with Crippen molar-refractivity contribution >= 4 is 5.78 Å². The third-order valence-corrected chi connectivity index (χ3v) is 2.37. The number of carbonyl (C=O) groups is 1. The van der Waals surface area contributed by atoms with Gasteiger partial charge in [0.25, 0.3) is 0 Å². The average Bonchev–Trinajstić information content (AvgIpc) is 2.04. The van der Waals surface area contributed by atoms with Crippen LogP contribution in [0.3, 0.4) is 0 Å². The highest BCUT2D eigenvalue weighted by atomic mass is 16.1. The van der Waals surface area contributed by atoms with Crippen molar-refractivity contribution in [3.63, 3.8) is 0 Å². The first kappa shape index (κ1) is 7.50. The van der Waals surface area contributed by atoms with E-state index >= 15 is 0 Å². The SMILES string of the molecule is NC1C=CC=C2CC=CC(=O)C21. The van der Waals surface area contributed by atoms with Crippen molar-refractivity contribution in [1.82, 2.24) is 0 Å². The number of ketones is 1. The van der Waals surface area contributed by atoms with Crippen LogP contribution >= 0.6 is 0 Å². The van der Waals surface area contributed by atoms with Crippen LogP contribution in [0.25, 0.3) is 0 Å². The summed E-state index contributed by atoms with van der Waals surface area (Å²) in [5, 5.41) is 0. The smallest absolute Gasteiger partial charge is 0.164 e. The molecule has 0 saturated carbocycles. The molecular weight excluding hydrogens is 150 g/mol. The highest BCUT2D eigenvalue weighted by Gasteiger charge is 2.29. The number of nitrogens with two attached hydrogens (primary N) is 1. The molecule has 0 aromatic rings. The molecule has 0 radical (unpaired) electrons. The molecule has 2 unspecified atom stereocenters. The summed E-state index contributed by atoms with van der Waals surface area (Å²) in [6.45, 7) is 0. The van der Waals surface area contributed by atoms with Gasteiger partial charge in [-0.2, -0.15) is 0 Å². The molecule has 0 aromatic heterocycles. The first-order valence-corrected chi connectivity index (χ1v) is 4.12. The molecule has 2 heteroatoms. The maximum absolute atomic E-state index is 11.4. The van der Waals surface area contributed by atoms with Crippen LogP contribution in [-0.4, -0.2) is 11.8 Å². The quantitative estimate of drug-likeness (QED) is 0.575. The zero-order valence-electron chi connectivity index (χ0n) is 6.73. The lowest BCUT2D eigenvalue weighted by Gasteiger charge is -2.26. The highest BCUT2D eigenvalue weighted by molar-refractivity contribution is 5.96. The summed E-state index contributed by atoms with van der Waals surface area (Å²) in [7, 11) is 0. The lowest BCUT2D eigenvalue weighted by molar-refractivity contribution is -0.117. The molecule has 0 saturated heterocycles. The lowest BCUT2D eigenvalue weighted by Crippen LogP contribution is -2.37. The van der Waals surface area contributed by atoms with E-state index < -0.39 is 0 Å². The zero-order valence-corrected chi connectivity index (χ0v) is 6.73. The Kier molecular flexibility index (Phi) is 1.70. The van der Waals surface area contributed by atoms with E-state index in [-0.39, 0.29) is 17.7 Å². The summed E-state index contributed by atoms with van der Waals surface area (Å²) in [5.41, 5.74) is 6.95. The molecule has 12 heavy (non-hydrogen) atoms. The molecule has 0 aliphatic heterocycles. The lowest BCUT2D eigenvalue weighted by atomic mass is 9.80. The van der Waals surface area contributed by atoms with Crippen LogP contribution in [-0.2, 0) is 4.79 Å². The van der Waals surface area contributed by atoms with E-state index in [1.165, 1.54) is 0 Å². The molecule has 0 bridgehead atoms. The summed E-state index contributed by atoms with van der Waals surface area (Å²) in [6, 6.07) is -0.123. The van der Waals surface area contributed by atoms with Gasteiger partial charge in [-0.25, -0.2) is 0 Å². The number of allylic oxidation sites excluding steroid dienone is 4.